The smallest absolute Gasteiger partial charge is 0.264 e. The van der Waals surface area contributed by atoms with E-state index in [9.17, 15) is 4.79 Å². The first kappa shape index (κ1) is 17.1. The molecular formula is C15H14ClN5OS. The van der Waals surface area contributed by atoms with Crippen molar-refractivity contribution in [2.24, 2.45) is 0 Å². The minimum absolute atomic E-state index is 0.0990. The number of rotatable bonds is 4. The topological polar surface area (TPSA) is 71.3 Å². The van der Waals surface area contributed by atoms with Crippen LogP contribution >= 0.6 is 23.4 Å². The van der Waals surface area contributed by atoms with Gasteiger partial charge < -0.3 is 10.6 Å². The van der Waals surface area contributed by atoms with Gasteiger partial charge in [0.05, 0.1) is 6.57 Å². The normalized spacial score (nSPS) is 10.0. The molecule has 0 aliphatic rings. The predicted octanol–water partition coefficient (Wildman–Crippen LogP) is 3.81. The van der Waals surface area contributed by atoms with Crippen molar-refractivity contribution in [3.63, 3.8) is 0 Å². The molecule has 0 saturated heterocycles. The quantitative estimate of drug-likeness (QED) is 0.381. The highest BCUT2D eigenvalue weighted by Crippen LogP contribution is 2.34. The van der Waals surface area contributed by atoms with E-state index in [2.05, 4.69) is 25.4 Å². The Morgan fingerprint density at radius 1 is 1.39 bits per heavy atom. The molecule has 0 bridgehead atoms. The van der Waals surface area contributed by atoms with E-state index in [1.165, 1.54) is 11.8 Å². The average Bonchev–Trinajstić information content (AvgIpc) is 2.55. The third-order valence-corrected chi connectivity index (χ3v) is 3.91. The zero-order valence-electron chi connectivity index (χ0n) is 12.8. The summed E-state index contributed by atoms with van der Waals surface area (Å²) in [7, 11) is 1.57. The van der Waals surface area contributed by atoms with Crippen molar-refractivity contribution in [1.29, 1.82) is 0 Å². The molecule has 2 N–H and O–H groups in total. The largest absolute Gasteiger partial charge is 0.355 e. The zero-order valence-corrected chi connectivity index (χ0v) is 14.3. The molecule has 2 rings (SSSR count). The van der Waals surface area contributed by atoms with Gasteiger partial charge in [0.1, 0.15) is 11.0 Å². The summed E-state index contributed by atoms with van der Waals surface area (Å²) in [6, 6.07) is 5.26. The molecule has 1 amide bonds. The van der Waals surface area contributed by atoms with Crippen molar-refractivity contribution < 1.29 is 4.79 Å². The number of nitrogens with one attached hydrogen (secondary N) is 2. The Morgan fingerprint density at radius 3 is 2.74 bits per heavy atom. The van der Waals surface area contributed by atoms with E-state index in [-0.39, 0.29) is 16.7 Å². The standard InChI is InChI=1S/C15H14ClN5OS/c1-8-5-6-9(14(22)18-3)7-10(8)19-13-11(17-2)12(16)20-15(21-13)23-4/h5-7H,1,3-4H3,(H,18,22)(H,19,20,21). The maximum atomic E-state index is 11.8. The summed E-state index contributed by atoms with van der Waals surface area (Å²) >= 11 is 7.37. The number of hydrogen-bond donors (Lipinski definition) is 2. The number of aryl methyl sites for hydroxylation is 1. The molecule has 8 heteroatoms. The number of anilines is 2. The van der Waals surface area contributed by atoms with Crippen LogP contribution in [0.25, 0.3) is 4.85 Å². The number of hydrogen-bond acceptors (Lipinski definition) is 5. The lowest BCUT2D eigenvalue weighted by molar-refractivity contribution is 0.0963. The van der Waals surface area contributed by atoms with Crippen LogP contribution in [-0.4, -0.2) is 29.2 Å². The highest BCUT2D eigenvalue weighted by molar-refractivity contribution is 7.98. The van der Waals surface area contributed by atoms with Gasteiger partial charge in [0.25, 0.3) is 11.6 Å². The maximum absolute atomic E-state index is 11.8. The Labute approximate surface area is 143 Å². The fourth-order valence-electron chi connectivity index (χ4n) is 1.86. The number of thioether (sulfide) groups is 1. The van der Waals surface area contributed by atoms with Gasteiger partial charge in [-0.15, -0.1) is 0 Å². The highest BCUT2D eigenvalue weighted by atomic mass is 35.5. The van der Waals surface area contributed by atoms with Crippen molar-refractivity contribution in [1.82, 2.24) is 15.3 Å². The second-order valence-corrected chi connectivity index (χ2v) is 5.68. The monoisotopic (exact) mass is 347 g/mol. The Balaban J connectivity index is 2.49. The fourth-order valence-corrected chi connectivity index (χ4v) is 2.48. The van der Waals surface area contributed by atoms with Crippen LogP contribution in [0, 0.1) is 13.5 Å². The molecule has 0 atom stereocenters. The molecule has 1 aromatic heterocycles. The number of halogens is 1. The first-order valence-electron chi connectivity index (χ1n) is 6.59. The van der Waals surface area contributed by atoms with Gasteiger partial charge in [0.2, 0.25) is 0 Å². The number of nitrogens with zero attached hydrogens (tertiary/aromatic N) is 3. The van der Waals surface area contributed by atoms with E-state index in [1.807, 2.05) is 19.2 Å². The van der Waals surface area contributed by atoms with Crippen LogP contribution in [0.4, 0.5) is 17.2 Å². The average molecular weight is 348 g/mol. The zero-order chi connectivity index (χ0) is 17.0. The third-order valence-electron chi connectivity index (χ3n) is 3.10. The Bertz CT molecular complexity index is 803. The highest BCUT2D eigenvalue weighted by Gasteiger charge is 2.15. The van der Waals surface area contributed by atoms with Crippen LogP contribution in [0.5, 0.6) is 0 Å². The minimum atomic E-state index is -0.191. The molecule has 0 unspecified atom stereocenters. The second-order valence-electron chi connectivity index (χ2n) is 4.54. The molecule has 0 fully saturated rings. The number of carbonyl (C=O) groups excluding carboxylic acids is 1. The lowest BCUT2D eigenvalue weighted by atomic mass is 10.1. The van der Waals surface area contributed by atoms with Gasteiger partial charge in [-0.2, -0.15) is 0 Å². The number of amides is 1. The van der Waals surface area contributed by atoms with Crippen LogP contribution in [-0.2, 0) is 0 Å². The van der Waals surface area contributed by atoms with E-state index in [4.69, 9.17) is 18.2 Å². The lowest BCUT2D eigenvalue weighted by Gasteiger charge is -2.13. The number of benzene rings is 1. The van der Waals surface area contributed by atoms with Crippen molar-refractivity contribution in [3.05, 3.63) is 45.9 Å². The molecule has 23 heavy (non-hydrogen) atoms. The molecule has 0 saturated carbocycles. The Morgan fingerprint density at radius 2 is 2.13 bits per heavy atom. The van der Waals surface area contributed by atoms with Crippen LogP contribution in [0.1, 0.15) is 15.9 Å². The van der Waals surface area contributed by atoms with Gasteiger partial charge in [0.15, 0.2) is 5.16 Å². The molecule has 0 spiro atoms. The summed E-state index contributed by atoms with van der Waals surface area (Å²) in [5, 5.41) is 6.22. The summed E-state index contributed by atoms with van der Waals surface area (Å²) in [4.78, 5) is 23.5. The van der Waals surface area contributed by atoms with Gasteiger partial charge in [-0.05, 0) is 30.9 Å². The minimum Gasteiger partial charge on any atom is -0.355 e. The first-order chi connectivity index (χ1) is 11.0. The van der Waals surface area contributed by atoms with Crippen LogP contribution in [0.2, 0.25) is 5.15 Å². The van der Waals surface area contributed by atoms with Crippen LogP contribution < -0.4 is 10.6 Å². The van der Waals surface area contributed by atoms with Gasteiger partial charge in [-0.1, -0.05) is 29.4 Å². The molecule has 0 aliphatic carbocycles. The first-order valence-corrected chi connectivity index (χ1v) is 8.19. The van der Waals surface area contributed by atoms with Crippen molar-refractivity contribution in [3.8, 4) is 0 Å². The van der Waals surface area contributed by atoms with Crippen molar-refractivity contribution >= 4 is 46.5 Å². The van der Waals surface area contributed by atoms with Gasteiger partial charge >= 0.3 is 0 Å². The van der Waals surface area contributed by atoms with Crippen molar-refractivity contribution in [2.45, 2.75) is 12.1 Å². The Hall–Kier alpha value is -2.30. The molecule has 1 aromatic carbocycles. The van der Waals surface area contributed by atoms with Gasteiger partial charge in [-0.3, -0.25) is 4.79 Å². The van der Waals surface area contributed by atoms with Gasteiger partial charge in [0, 0.05) is 18.3 Å². The number of carbonyl (C=O) groups is 1. The summed E-state index contributed by atoms with van der Waals surface area (Å²) < 4.78 is 0. The van der Waals surface area contributed by atoms with Crippen molar-refractivity contribution in [2.75, 3.05) is 18.6 Å². The third kappa shape index (κ3) is 3.73. The molecule has 0 aliphatic heterocycles. The van der Waals surface area contributed by atoms with E-state index in [0.29, 0.717) is 22.2 Å². The molecular weight excluding hydrogens is 334 g/mol. The van der Waals surface area contributed by atoms with E-state index < -0.39 is 0 Å². The van der Waals surface area contributed by atoms with Gasteiger partial charge in [-0.25, -0.2) is 14.8 Å². The van der Waals surface area contributed by atoms with E-state index in [0.717, 1.165) is 5.56 Å². The predicted molar refractivity (Wildman–Crippen MR) is 92.9 cm³/mol. The Kier molecular flexibility index (Phi) is 5.42. The fraction of sp³-hybridized carbons (Fsp3) is 0.200. The SMILES string of the molecule is [C-]#[N+]c1c(Cl)nc(SC)nc1Nc1cc(C(=O)NC)ccc1C. The van der Waals surface area contributed by atoms with Crippen LogP contribution in [0.3, 0.4) is 0 Å². The summed E-state index contributed by atoms with van der Waals surface area (Å²) in [6.07, 6.45) is 1.82. The molecule has 118 valence electrons. The summed E-state index contributed by atoms with van der Waals surface area (Å²) in [6.45, 7) is 9.16. The number of aromatic nitrogens is 2. The van der Waals surface area contributed by atoms with E-state index in [1.54, 1.807) is 19.2 Å². The molecule has 2 aromatic rings. The summed E-state index contributed by atoms with van der Waals surface area (Å²) in [5.41, 5.74) is 2.25. The van der Waals surface area contributed by atoms with Crippen LogP contribution in [0.15, 0.2) is 23.4 Å². The summed E-state index contributed by atoms with van der Waals surface area (Å²) in [5.74, 6) is 0.130. The molecule has 1 heterocycles. The second kappa shape index (κ2) is 7.31. The molecule has 6 nitrogen and oxygen atoms in total. The maximum Gasteiger partial charge on any atom is 0.264 e. The molecule has 0 radical (unpaired) electrons. The lowest BCUT2D eigenvalue weighted by Crippen LogP contribution is -2.17. The van der Waals surface area contributed by atoms with E-state index >= 15 is 0 Å².